The summed E-state index contributed by atoms with van der Waals surface area (Å²) in [5, 5.41) is 0. The molecule has 0 aliphatic rings. The summed E-state index contributed by atoms with van der Waals surface area (Å²) in [6.45, 7) is 2.15. The molecule has 84 valence electrons. The normalized spacial score (nSPS) is 8.81. The van der Waals surface area contributed by atoms with Gasteiger partial charge in [0.15, 0.2) is 0 Å². The number of hydrogen-bond acceptors (Lipinski definition) is 3. The maximum Gasteiger partial charge on any atom is 0.431 e. The molecule has 4 nitrogen and oxygen atoms in total. The third-order valence-electron chi connectivity index (χ3n) is 1.58. The lowest BCUT2D eigenvalue weighted by atomic mass is 10.2. The molecule has 0 saturated carbocycles. The van der Waals surface area contributed by atoms with E-state index >= 15 is 0 Å². The molecule has 0 aromatic heterocycles. The van der Waals surface area contributed by atoms with Crippen molar-refractivity contribution < 1.29 is 14.4 Å². The second kappa shape index (κ2) is 7.32. The Bertz CT molecular complexity index is 378. The van der Waals surface area contributed by atoms with Crippen LogP contribution in [0.2, 0.25) is 0 Å². The topological polar surface area (TPSA) is 47.6 Å². The van der Waals surface area contributed by atoms with Gasteiger partial charge in [-0.25, -0.2) is 4.79 Å². The van der Waals surface area contributed by atoms with E-state index in [1.165, 1.54) is 0 Å². The molecule has 0 saturated heterocycles. The van der Waals surface area contributed by atoms with Crippen molar-refractivity contribution in [2.75, 3.05) is 13.2 Å². The molecule has 0 spiro atoms. The zero-order valence-electron chi connectivity index (χ0n) is 9.03. The number of rotatable bonds is 3. The Hall–Kier alpha value is -1.99. The van der Waals surface area contributed by atoms with Gasteiger partial charge in [0.25, 0.3) is 0 Å². The first-order valence-electron chi connectivity index (χ1n) is 4.91. The first-order valence-corrected chi connectivity index (χ1v) is 4.91. The minimum atomic E-state index is -0.607. The van der Waals surface area contributed by atoms with E-state index in [0.29, 0.717) is 6.61 Å². The van der Waals surface area contributed by atoms with Crippen LogP contribution >= 0.6 is 0 Å². The Morgan fingerprint density at radius 3 is 2.81 bits per heavy atom. The number of ether oxygens (including phenoxy) is 1. The summed E-state index contributed by atoms with van der Waals surface area (Å²) < 4.78 is 4.58. The highest BCUT2D eigenvalue weighted by molar-refractivity contribution is 5.65. The van der Waals surface area contributed by atoms with E-state index in [-0.39, 0.29) is 6.61 Å². The summed E-state index contributed by atoms with van der Waals surface area (Å²) in [6, 6.07) is 9.52. The Kier molecular flexibility index (Phi) is 5.53. The molecule has 0 heterocycles. The Morgan fingerprint density at radius 2 is 2.12 bits per heavy atom. The van der Waals surface area contributed by atoms with E-state index in [1.54, 1.807) is 6.92 Å². The van der Waals surface area contributed by atoms with E-state index < -0.39 is 6.09 Å². The van der Waals surface area contributed by atoms with Crippen LogP contribution in [0, 0.1) is 11.8 Å². The SMILES string of the molecule is CCOC(=O)NOCC#Cc1ccccc1. The fourth-order valence-electron chi connectivity index (χ4n) is 0.951. The third-order valence-corrected chi connectivity index (χ3v) is 1.58. The third kappa shape index (κ3) is 5.03. The second-order valence-corrected chi connectivity index (χ2v) is 2.78. The summed E-state index contributed by atoms with van der Waals surface area (Å²) >= 11 is 0. The molecule has 1 rings (SSSR count). The molecule has 1 aromatic carbocycles. The number of nitrogens with one attached hydrogen (secondary N) is 1. The molecule has 0 atom stereocenters. The quantitative estimate of drug-likeness (QED) is 0.478. The van der Waals surface area contributed by atoms with Gasteiger partial charge in [-0.1, -0.05) is 30.0 Å². The fourth-order valence-corrected chi connectivity index (χ4v) is 0.951. The molecule has 0 fully saturated rings. The number of hydroxylamine groups is 1. The van der Waals surface area contributed by atoms with Crippen molar-refractivity contribution in [2.24, 2.45) is 0 Å². The molecule has 0 radical (unpaired) electrons. The van der Waals surface area contributed by atoms with Gasteiger partial charge in [0.2, 0.25) is 0 Å². The Labute approximate surface area is 94.5 Å². The van der Waals surface area contributed by atoms with Gasteiger partial charge < -0.3 is 4.74 Å². The van der Waals surface area contributed by atoms with Gasteiger partial charge in [-0.3, -0.25) is 4.84 Å². The zero-order valence-corrected chi connectivity index (χ0v) is 9.03. The summed E-state index contributed by atoms with van der Waals surface area (Å²) in [5.41, 5.74) is 3.01. The summed E-state index contributed by atoms with van der Waals surface area (Å²) in [5.74, 6) is 5.64. The molecular formula is C12H13NO3. The standard InChI is InChI=1S/C12H13NO3/c1-2-15-12(14)13-16-10-6-9-11-7-4-3-5-8-11/h3-5,7-8H,2,10H2,1H3,(H,13,14). The van der Waals surface area contributed by atoms with E-state index in [9.17, 15) is 4.79 Å². The van der Waals surface area contributed by atoms with Gasteiger partial charge in [0.05, 0.1) is 6.61 Å². The van der Waals surface area contributed by atoms with Gasteiger partial charge in [-0.2, -0.15) is 5.48 Å². The number of benzene rings is 1. The minimum absolute atomic E-state index is 0.119. The first-order chi connectivity index (χ1) is 7.83. The highest BCUT2D eigenvalue weighted by atomic mass is 16.7. The smallest absolute Gasteiger partial charge is 0.431 e. The fraction of sp³-hybridized carbons (Fsp3) is 0.250. The van der Waals surface area contributed by atoms with Crippen molar-refractivity contribution in [1.82, 2.24) is 5.48 Å². The summed E-state index contributed by atoms with van der Waals surface area (Å²) in [7, 11) is 0. The lowest BCUT2D eigenvalue weighted by Crippen LogP contribution is -2.24. The van der Waals surface area contributed by atoms with E-state index in [2.05, 4.69) is 22.1 Å². The van der Waals surface area contributed by atoms with Crippen molar-refractivity contribution in [3.63, 3.8) is 0 Å². The van der Waals surface area contributed by atoms with Crippen LogP contribution in [-0.4, -0.2) is 19.3 Å². The van der Waals surface area contributed by atoms with Crippen molar-refractivity contribution in [3.8, 4) is 11.8 Å². The van der Waals surface area contributed by atoms with Crippen LogP contribution in [0.5, 0.6) is 0 Å². The summed E-state index contributed by atoms with van der Waals surface area (Å²) in [6.07, 6.45) is -0.607. The van der Waals surface area contributed by atoms with Crippen LogP contribution in [0.15, 0.2) is 30.3 Å². The molecule has 1 amide bonds. The van der Waals surface area contributed by atoms with Crippen molar-refractivity contribution in [3.05, 3.63) is 35.9 Å². The average molecular weight is 219 g/mol. The first kappa shape index (κ1) is 12.1. The predicted molar refractivity (Wildman–Crippen MR) is 59.4 cm³/mol. The van der Waals surface area contributed by atoms with Crippen LogP contribution in [0.4, 0.5) is 4.79 Å². The zero-order chi connectivity index (χ0) is 11.6. The van der Waals surface area contributed by atoms with Crippen molar-refractivity contribution >= 4 is 6.09 Å². The molecule has 4 heteroatoms. The van der Waals surface area contributed by atoms with Crippen LogP contribution < -0.4 is 5.48 Å². The van der Waals surface area contributed by atoms with Crippen LogP contribution in [0.1, 0.15) is 12.5 Å². The van der Waals surface area contributed by atoms with Crippen molar-refractivity contribution in [2.45, 2.75) is 6.92 Å². The molecule has 0 aliphatic carbocycles. The van der Waals surface area contributed by atoms with Gasteiger partial charge >= 0.3 is 6.09 Å². The number of carbonyl (C=O) groups is 1. The molecule has 0 bridgehead atoms. The van der Waals surface area contributed by atoms with Crippen LogP contribution in [0.3, 0.4) is 0 Å². The minimum Gasteiger partial charge on any atom is -0.448 e. The monoisotopic (exact) mass is 219 g/mol. The lowest BCUT2D eigenvalue weighted by Gasteiger charge is -2.01. The molecule has 1 aromatic rings. The summed E-state index contributed by atoms with van der Waals surface area (Å²) in [4.78, 5) is 15.5. The number of amides is 1. The highest BCUT2D eigenvalue weighted by Crippen LogP contribution is 1.94. The largest absolute Gasteiger partial charge is 0.448 e. The maximum atomic E-state index is 10.8. The maximum absolute atomic E-state index is 10.8. The molecule has 16 heavy (non-hydrogen) atoms. The van der Waals surface area contributed by atoms with E-state index in [1.807, 2.05) is 30.3 Å². The van der Waals surface area contributed by atoms with Gasteiger partial charge in [-0.15, -0.1) is 0 Å². The van der Waals surface area contributed by atoms with Crippen LogP contribution in [-0.2, 0) is 9.57 Å². The molecular weight excluding hydrogens is 206 g/mol. The van der Waals surface area contributed by atoms with E-state index in [4.69, 9.17) is 4.84 Å². The van der Waals surface area contributed by atoms with Crippen molar-refractivity contribution in [1.29, 1.82) is 0 Å². The predicted octanol–water partition coefficient (Wildman–Crippen LogP) is 1.72. The highest BCUT2D eigenvalue weighted by Gasteiger charge is 1.96. The molecule has 0 aliphatic heterocycles. The van der Waals surface area contributed by atoms with E-state index in [0.717, 1.165) is 5.56 Å². The van der Waals surface area contributed by atoms with Gasteiger partial charge in [-0.05, 0) is 19.1 Å². The van der Waals surface area contributed by atoms with Gasteiger partial charge in [0.1, 0.15) is 6.61 Å². The Morgan fingerprint density at radius 1 is 1.38 bits per heavy atom. The lowest BCUT2D eigenvalue weighted by molar-refractivity contribution is 0.0461. The average Bonchev–Trinajstić information content (AvgIpc) is 2.30. The molecule has 1 N–H and O–H groups in total. The van der Waals surface area contributed by atoms with Gasteiger partial charge in [0, 0.05) is 5.56 Å². The Balaban J connectivity index is 2.21. The molecule has 0 unspecified atom stereocenters. The number of carbonyl (C=O) groups excluding carboxylic acids is 1. The second-order valence-electron chi connectivity index (χ2n) is 2.78. The number of hydrogen-bond donors (Lipinski definition) is 1. The van der Waals surface area contributed by atoms with Crippen LogP contribution in [0.25, 0.3) is 0 Å².